The van der Waals surface area contributed by atoms with Gasteiger partial charge in [-0.1, -0.05) is 30.3 Å². The third kappa shape index (κ3) is 4.55. The predicted octanol–water partition coefficient (Wildman–Crippen LogP) is 1.89. The number of nitrogens with zero attached hydrogens (tertiary/aromatic N) is 3. The van der Waals surface area contributed by atoms with Crippen LogP contribution in [0.4, 0.5) is 4.79 Å². The molecule has 0 aliphatic carbocycles. The fourth-order valence-corrected chi connectivity index (χ4v) is 2.93. The lowest BCUT2D eigenvalue weighted by Gasteiger charge is -2.30. The summed E-state index contributed by atoms with van der Waals surface area (Å²) >= 11 is 0. The number of carbonyl (C=O) groups is 1. The molecule has 128 valence electrons. The van der Waals surface area contributed by atoms with Crippen LogP contribution in [0.1, 0.15) is 31.4 Å². The minimum absolute atomic E-state index is 0.0311. The van der Waals surface area contributed by atoms with Gasteiger partial charge in [0.2, 0.25) is 0 Å². The molecule has 7 heteroatoms. The summed E-state index contributed by atoms with van der Waals surface area (Å²) in [5.74, 6) is 0. The van der Waals surface area contributed by atoms with E-state index in [9.17, 15) is 4.79 Å². The number of hydrogen-bond donors (Lipinski definition) is 2. The minimum atomic E-state index is -0.152. The Bertz CT molecular complexity index is 632. The smallest absolute Gasteiger partial charge is 0.315 e. The van der Waals surface area contributed by atoms with Crippen LogP contribution in [0.25, 0.3) is 0 Å². The maximum atomic E-state index is 12.2. The van der Waals surface area contributed by atoms with Crippen molar-refractivity contribution in [2.45, 2.75) is 44.5 Å². The number of nitrogens with one attached hydrogen (secondary N) is 2. The average Bonchev–Trinajstić information content (AvgIpc) is 3.08. The summed E-state index contributed by atoms with van der Waals surface area (Å²) in [4.78, 5) is 16.1. The van der Waals surface area contributed by atoms with Gasteiger partial charge in [0.25, 0.3) is 0 Å². The van der Waals surface area contributed by atoms with E-state index in [4.69, 9.17) is 4.74 Å². The van der Waals surface area contributed by atoms with Crippen LogP contribution in [-0.4, -0.2) is 39.5 Å². The first-order chi connectivity index (χ1) is 11.7. The first-order valence-electron chi connectivity index (χ1n) is 8.26. The number of amides is 2. The molecule has 1 fully saturated rings. The van der Waals surface area contributed by atoms with Crippen molar-refractivity contribution in [2.24, 2.45) is 0 Å². The Balaban J connectivity index is 1.47. The first kappa shape index (κ1) is 16.4. The van der Waals surface area contributed by atoms with Crippen LogP contribution in [-0.2, 0) is 11.3 Å². The predicted molar refractivity (Wildman–Crippen MR) is 89.3 cm³/mol. The summed E-state index contributed by atoms with van der Waals surface area (Å²) in [7, 11) is 0. The number of urea groups is 1. The molecule has 24 heavy (non-hydrogen) atoms. The van der Waals surface area contributed by atoms with E-state index in [1.807, 2.05) is 25.1 Å². The Morgan fingerprint density at radius 2 is 2.25 bits per heavy atom. The maximum Gasteiger partial charge on any atom is 0.315 e. The van der Waals surface area contributed by atoms with Gasteiger partial charge in [-0.15, -0.1) is 0 Å². The zero-order chi connectivity index (χ0) is 16.8. The second-order valence-electron chi connectivity index (χ2n) is 6.13. The Labute approximate surface area is 141 Å². The van der Waals surface area contributed by atoms with Crippen LogP contribution in [0.3, 0.4) is 0 Å². The van der Waals surface area contributed by atoms with Crippen molar-refractivity contribution in [1.29, 1.82) is 0 Å². The fraction of sp³-hybridized carbons (Fsp3) is 0.471. The van der Waals surface area contributed by atoms with Crippen molar-refractivity contribution in [3.8, 4) is 0 Å². The van der Waals surface area contributed by atoms with E-state index in [2.05, 4.69) is 32.8 Å². The summed E-state index contributed by atoms with van der Waals surface area (Å²) in [5.41, 5.74) is 1.16. The second kappa shape index (κ2) is 7.92. The lowest BCUT2D eigenvalue weighted by Crippen LogP contribution is -2.48. The number of benzene rings is 1. The molecule has 1 aromatic carbocycles. The molecule has 3 unspecified atom stereocenters. The van der Waals surface area contributed by atoms with Gasteiger partial charge in [-0.3, -0.25) is 4.68 Å². The van der Waals surface area contributed by atoms with Gasteiger partial charge in [-0.2, -0.15) is 5.10 Å². The van der Waals surface area contributed by atoms with Crippen molar-refractivity contribution in [3.63, 3.8) is 0 Å². The highest BCUT2D eigenvalue weighted by molar-refractivity contribution is 5.74. The molecular weight excluding hydrogens is 306 g/mol. The Morgan fingerprint density at radius 3 is 3.00 bits per heavy atom. The minimum Gasteiger partial charge on any atom is -0.373 e. The van der Waals surface area contributed by atoms with Gasteiger partial charge in [0, 0.05) is 18.7 Å². The normalized spacial score (nSPS) is 21.9. The molecule has 7 nitrogen and oxygen atoms in total. The van der Waals surface area contributed by atoms with Crippen LogP contribution < -0.4 is 10.6 Å². The van der Waals surface area contributed by atoms with E-state index in [0.717, 1.165) is 18.4 Å². The molecule has 0 spiro atoms. The number of rotatable bonds is 5. The highest BCUT2D eigenvalue weighted by Gasteiger charge is 2.25. The zero-order valence-corrected chi connectivity index (χ0v) is 13.8. The Morgan fingerprint density at radius 1 is 1.42 bits per heavy atom. The highest BCUT2D eigenvalue weighted by Crippen LogP contribution is 2.27. The summed E-state index contributed by atoms with van der Waals surface area (Å²) in [6.07, 6.45) is 4.78. The molecule has 3 rings (SSSR count). The first-order valence-corrected chi connectivity index (χ1v) is 8.26. The summed E-state index contributed by atoms with van der Waals surface area (Å²) in [5, 5.41) is 10.0. The molecule has 1 saturated heterocycles. The van der Waals surface area contributed by atoms with Crippen LogP contribution >= 0.6 is 0 Å². The molecule has 0 bridgehead atoms. The van der Waals surface area contributed by atoms with Gasteiger partial charge >= 0.3 is 6.03 Å². The molecule has 0 saturated carbocycles. The molecule has 1 aromatic heterocycles. The van der Waals surface area contributed by atoms with Gasteiger partial charge in [0.05, 0.1) is 12.6 Å². The van der Waals surface area contributed by atoms with Crippen molar-refractivity contribution in [3.05, 3.63) is 48.5 Å². The van der Waals surface area contributed by atoms with Crippen LogP contribution in [0.5, 0.6) is 0 Å². The number of hydrogen-bond acceptors (Lipinski definition) is 4. The quantitative estimate of drug-likeness (QED) is 0.878. The van der Waals surface area contributed by atoms with Gasteiger partial charge in [-0.05, 0) is 25.3 Å². The summed E-state index contributed by atoms with van der Waals surface area (Å²) in [6, 6.07) is 10.1. The molecular formula is C17H23N5O2. The average molecular weight is 329 g/mol. The van der Waals surface area contributed by atoms with Crippen molar-refractivity contribution in [2.75, 3.05) is 6.61 Å². The molecule has 2 aromatic rings. The summed E-state index contributed by atoms with van der Waals surface area (Å²) in [6.45, 7) is 3.19. The van der Waals surface area contributed by atoms with Crippen LogP contribution in [0, 0.1) is 0 Å². The number of ether oxygens (including phenoxy) is 1. The lowest BCUT2D eigenvalue weighted by atomic mass is 9.97. The highest BCUT2D eigenvalue weighted by atomic mass is 16.5. The number of aromatic nitrogens is 3. The Hall–Kier alpha value is -2.41. The third-order valence-electron chi connectivity index (χ3n) is 4.10. The van der Waals surface area contributed by atoms with Gasteiger partial charge in [-0.25, -0.2) is 9.78 Å². The molecule has 1 aliphatic heterocycles. The van der Waals surface area contributed by atoms with E-state index < -0.39 is 0 Å². The van der Waals surface area contributed by atoms with Gasteiger partial charge in [0.1, 0.15) is 12.7 Å². The molecule has 0 radical (unpaired) electrons. The third-order valence-corrected chi connectivity index (χ3v) is 4.10. The maximum absolute atomic E-state index is 12.2. The van der Waals surface area contributed by atoms with E-state index >= 15 is 0 Å². The second-order valence-corrected chi connectivity index (χ2v) is 6.13. The van der Waals surface area contributed by atoms with E-state index in [0.29, 0.717) is 13.2 Å². The monoisotopic (exact) mass is 329 g/mol. The van der Waals surface area contributed by atoms with Crippen LogP contribution in [0.15, 0.2) is 43.0 Å². The lowest BCUT2D eigenvalue weighted by molar-refractivity contribution is 0.00221. The molecule has 2 N–H and O–H groups in total. The van der Waals surface area contributed by atoms with E-state index in [1.54, 1.807) is 11.0 Å². The Kier molecular flexibility index (Phi) is 5.43. The topological polar surface area (TPSA) is 81.1 Å². The van der Waals surface area contributed by atoms with Crippen molar-refractivity contribution >= 4 is 6.03 Å². The van der Waals surface area contributed by atoms with Crippen LogP contribution in [0.2, 0.25) is 0 Å². The van der Waals surface area contributed by atoms with Crippen molar-refractivity contribution < 1.29 is 9.53 Å². The summed E-state index contributed by atoms with van der Waals surface area (Å²) < 4.78 is 7.54. The van der Waals surface area contributed by atoms with E-state index in [-0.39, 0.29) is 24.2 Å². The molecule has 1 aliphatic rings. The SMILES string of the molecule is CC(Cn1cncn1)NC(=O)NC1CCOC(c2ccccc2)C1. The van der Waals surface area contributed by atoms with Crippen molar-refractivity contribution in [1.82, 2.24) is 25.4 Å². The zero-order valence-electron chi connectivity index (χ0n) is 13.8. The van der Waals surface area contributed by atoms with E-state index in [1.165, 1.54) is 6.33 Å². The molecule has 3 atom stereocenters. The largest absolute Gasteiger partial charge is 0.373 e. The van der Waals surface area contributed by atoms with Gasteiger partial charge in [0.15, 0.2) is 0 Å². The van der Waals surface area contributed by atoms with Gasteiger partial charge < -0.3 is 15.4 Å². The molecule has 2 heterocycles. The fourth-order valence-electron chi connectivity index (χ4n) is 2.93. The standard InChI is InChI=1S/C17H23N5O2/c1-13(10-22-12-18-11-19-22)20-17(23)21-15-7-8-24-16(9-15)14-5-3-2-4-6-14/h2-6,11-13,15-16H,7-10H2,1H3,(H2,20,21,23). The number of carbonyl (C=O) groups excluding carboxylic acids is 1. The molecule has 2 amide bonds.